The summed E-state index contributed by atoms with van der Waals surface area (Å²) in [7, 11) is 3.62. The molecular weight excluding hydrogens is 266 g/mol. The highest BCUT2D eigenvalue weighted by Crippen LogP contribution is 2.01. The molecule has 0 rings (SSSR count). The van der Waals surface area contributed by atoms with Crippen molar-refractivity contribution in [2.75, 3.05) is 53.5 Å². The van der Waals surface area contributed by atoms with Crippen molar-refractivity contribution in [1.82, 2.24) is 20.9 Å². The lowest BCUT2D eigenvalue weighted by atomic mass is 10.4. The summed E-state index contributed by atoms with van der Waals surface area (Å²) in [6.45, 7) is 13.1. The molecule has 0 aliphatic carbocycles. The van der Waals surface area contributed by atoms with Crippen LogP contribution in [-0.4, -0.2) is 64.7 Å². The van der Waals surface area contributed by atoms with Crippen LogP contribution in [0.25, 0.3) is 0 Å². The molecule has 0 aromatic carbocycles. The summed E-state index contributed by atoms with van der Waals surface area (Å²) in [5.41, 5.74) is 1.04. The summed E-state index contributed by atoms with van der Waals surface area (Å²) in [5, 5.41) is 9.57. The average Bonchev–Trinajstić information content (AvgIpc) is 2.50. The van der Waals surface area contributed by atoms with Crippen molar-refractivity contribution < 1.29 is 4.74 Å². The molecule has 122 valence electrons. The monoisotopic (exact) mass is 297 g/mol. The quantitative estimate of drug-likeness (QED) is 0.346. The van der Waals surface area contributed by atoms with Crippen LogP contribution < -0.4 is 16.0 Å². The summed E-state index contributed by atoms with van der Waals surface area (Å²) in [6, 6.07) is 0. The molecule has 0 atom stereocenters. The van der Waals surface area contributed by atoms with E-state index in [4.69, 9.17) is 4.74 Å². The van der Waals surface area contributed by atoms with Crippen molar-refractivity contribution in [3.8, 4) is 0 Å². The van der Waals surface area contributed by atoms with E-state index >= 15 is 0 Å². The molecule has 0 aromatic rings. The number of likely N-dealkylation sites (N-methyl/N-ethyl adjacent to an activating group) is 3. The molecular formula is C15H31N5O. The molecule has 0 spiro atoms. The van der Waals surface area contributed by atoms with Crippen LogP contribution in [0.4, 0.5) is 0 Å². The topological polar surface area (TPSA) is 60.9 Å². The number of nitrogens with zero attached hydrogens (tertiary/aromatic N) is 2. The lowest BCUT2D eigenvalue weighted by molar-refractivity contribution is 0.233. The van der Waals surface area contributed by atoms with Crippen molar-refractivity contribution in [3.63, 3.8) is 0 Å². The zero-order chi connectivity index (χ0) is 15.9. The summed E-state index contributed by atoms with van der Waals surface area (Å²) < 4.78 is 5.06. The first kappa shape index (κ1) is 19.6. The van der Waals surface area contributed by atoms with Gasteiger partial charge in [-0.2, -0.15) is 0 Å². The normalized spacial score (nSPS) is 11.9. The molecule has 0 unspecified atom stereocenters. The maximum absolute atomic E-state index is 5.06. The minimum atomic E-state index is 0.575. The highest BCUT2D eigenvalue weighted by molar-refractivity contribution is 5.58. The molecule has 6 nitrogen and oxygen atoms in total. The number of rotatable bonds is 13. The van der Waals surface area contributed by atoms with Crippen LogP contribution in [0, 0.1) is 0 Å². The summed E-state index contributed by atoms with van der Waals surface area (Å²) in [4.78, 5) is 6.48. The molecule has 0 saturated carbocycles. The van der Waals surface area contributed by atoms with E-state index in [0.717, 1.165) is 44.2 Å². The predicted molar refractivity (Wildman–Crippen MR) is 90.4 cm³/mol. The fraction of sp³-hybridized carbons (Fsp3) is 0.667. The van der Waals surface area contributed by atoms with E-state index in [1.807, 2.05) is 13.1 Å². The van der Waals surface area contributed by atoms with Gasteiger partial charge in [-0.1, -0.05) is 13.5 Å². The van der Waals surface area contributed by atoms with E-state index < -0.39 is 0 Å². The third kappa shape index (κ3) is 10.1. The second kappa shape index (κ2) is 13.6. The fourth-order valence-electron chi connectivity index (χ4n) is 1.61. The lowest BCUT2D eigenvalue weighted by Crippen LogP contribution is -2.30. The Bertz CT molecular complexity index is 328. The molecule has 0 bridgehead atoms. The first-order valence-electron chi connectivity index (χ1n) is 7.45. The first-order valence-corrected chi connectivity index (χ1v) is 7.45. The smallest absolute Gasteiger partial charge is 0.123 e. The lowest BCUT2D eigenvalue weighted by Gasteiger charge is -2.22. The molecule has 0 aromatic heterocycles. The van der Waals surface area contributed by atoms with Gasteiger partial charge in [-0.3, -0.25) is 0 Å². The minimum Gasteiger partial charge on any atom is -0.381 e. The molecule has 0 aliphatic rings. The number of aliphatic imine (C=N–C) groups is 1. The Morgan fingerprint density at radius 2 is 2.14 bits per heavy atom. The molecule has 0 aliphatic heterocycles. The standard InChI is InChI=1S/C15H31N5O/c1-6-17-12-15(8-11-21-5)19-13-18-14(3)20(7-2)10-9-16-4/h8,13,16-17H,3,6-7,9-12H2,1-2,4-5H3,(H,18,19)/b15-8+. The number of ether oxygens (including phenoxy) is 1. The Labute approximate surface area is 129 Å². The summed E-state index contributed by atoms with van der Waals surface area (Å²) in [5.74, 6) is 0.759. The van der Waals surface area contributed by atoms with Crippen molar-refractivity contribution >= 4 is 6.34 Å². The fourth-order valence-corrected chi connectivity index (χ4v) is 1.61. The zero-order valence-electron chi connectivity index (χ0n) is 13.9. The summed E-state index contributed by atoms with van der Waals surface area (Å²) in [6.07, 6.45) is 3.68. The second-order valence-electron chi connectivity index (χ2n) is 4.47. The van der Waals surface area contributed by atoms with Gasteiger partial charge in [0.1, 0.15) is 5.82 Å². The molecule has 0 fully saturated rings. The van der Waals surface area contributed by atoms with E-state index in [2.05, 4.69) is 46.3 Å². The van der Waals surface area contributed by atoms with Crippen LogP contribution in [0.3, 0.4) is 0 Å². The Balaban J connectivity index is 4.37. The maximum atomic E-state index is 5.06. The Hall–Kier alpha value is -1.37. The molecule has 0 radical (unpaired) electrons. The Kier molecular flexibility index (Phi) is 12.7. The van der Waals surface area contributed by atoms with Gasteiger partial charge in [-0.25, -0.2) is 4.99 Å². The Morgan fingerprint density at radius 1 is 1.38 bits per heavy atom. The molecule has 0 heterocycles. The molecule has 6 heteroatoms. The second-order valence-corrected chi connectivity index (χ2v) is 4.47. The average molecular weight is 297 g/mol. The minimum absolute atomic E-state index is 0.575. The maximum Gasteiger partial charge on any atom is 0.123 e. The van der Waals surface area contributed by atoms with E-state index in [-0.39, 0.29) is 0 Å². The van der Waals surface area contributed by atoms with Crippen molar-refractivity contribution in [3.05, 3.63) is 24.2 Å². The van der Waals surface area contributed by atoms with E-state index in [1.54, 1.807) is 13.4 Å². The third-order valence-corrected chi connectivity index (χ3v) is 2.90. The van der Waals surface area contributed by atoms with Gasteiger partial charge in [0.25, 0.3) is 0 Å². The zero-order valence-corrected chi connectivity index (χ0v) is 13.9. The van der Waals surface area contributed by atoms with Crippen LogP contribution in [0.1, 0.15) is 13.8 Å². The van der Waals surface area contributed by atoms with Gasteiger partial charge >= 0.3 is 0 Å². The van der Waals surface area contributed by atoms with Gasteiger partial charge < -0.3 is 25.6 Å². The Morgan fingerprint density at radius 3 is 2.71 bits per heavy atom. The number of hydrogen-bond donors (Lipinski definition) is 3. The summed E-state index contributed by atoms with van der Waals surface area (Å²) >= 11 is 0. The van der Waals surface area contributed by atoms with Gasteiger partial charge in [0.15, 0.2) is 0 Å². The highest BCUT2D eigenvalue weighted by atomic mass is 16.5. The van der Waals surface area contributed by atoms with Crippen molar-refractivity contribution in [2.24, 2.45) is 4.99 Å². The van der Waals surface area contributed by atoms with Crippen LogP contribution in [-0.2, 0) is 4.74 Å². The van der Waals surface area contributed by atoms with E-state index in [1.165, 1.54) is 0 Å². The van der Waals surface area contributed by atoms with E-state index in [9.17, 15) is 0 Å². The van der Waals surface area contributed by atoms with Crippen LogP contribution in [0.15, 0.2) is 29.2 Å². The van der Waals surface area contributed by atoms with Crippen LogP contribution >= 0.6 is 0 Å². The third-order valence-electron chi connectivity index (χ3n) is 2.90. The SMILES string of the molecule is C=C(/N=C/N/C(=C/COC)CNCC)N(CC)CCNC. The molecule has 0 saturated heterocycles. The van der Waals surface area contributed by atoms with Crippen LogP contribution in [0.2, 0.25) is 0 Å². The van der Waals surface area contributed by atoms with Crippen molar-refractivity contribution in [1.29, 1.82) is 0 Å². The van der Waals surface area contributed by atoms with Gasteiger partial charge in [-0.05, 0) is 26.6 Å². The highest BCUT2D eigenvalue weighted by Gasteiger charge is 2.02. The predicted octanol–water partition coefficient (Wildman–Crippen LogP) is 0.757. The van der Waals surface area contributed by atoms with Gasteiger partial charge in [-0.15, -0.1) is 0 Å². The van der Waals surface area contributed by atoms with Gasteiger partial charge in [0, 0.05) is 39.0 Å². The number of hydrogen-bond acceptors (Lipinski definition) is 5. The first-order chi connectivity index (χ1) is 10.2. The number of nitrogens with one attached hydrogen (secondary N) is 3. The largest absolute Gasteiger partial charge is 0.381 e. The van der Waals surface area contributed by atoms with Crippen molar-refractivity contribution in [2.45, 2.75) is 13.8 Å². The molecule has 3 N–H and O–H groups in total. The van der Waals surface area contributed by atoms with Gasteiger partial charge in [0.05, 0.1) is 12.9 Å². The van der Waals surface area contributed by atoms with Crippen LogP contribution in [0.5, 0.6) is 0 Å². The van der Waals surface area contributed by atoms with E-state index in [0.29, 0.717) is 6.61 Å². The number of methoxy groups -OCH3 is 1. The molecule has 21 heavy (non-hydrogen) atoms. The molecule has 0 amide bonds. The van der Waals surface area contributed by atoms with Gasteiger partial charge in [0.2, 0.25) is 0 Å².